The molecule has 19 heavy (non-hydrogen) atoms. The molecule has 0 saturated heterocycles. The van der Waals surface area contributed by atoms with Crippen LogP contribution in [0, 0.1) is 10.5 Å². The lowest BCUT2D eigenvalue weighted by Gasteiger charge is -2.14. The average Bonchev–Trinajstić information content (AvgIpc) is 2.88. The second kappa shape index (κ2) is 5.43. The van der Waals surface area contributed by atoms with Crippen molar-refractivity contribution in [1.29, 1.82) is 0 Å². The quantitative estimate of drug-likeness (QED) is 0.525. The number of ether oxygens (including phenoxy) is 1. The van der Waals surface area contributed by atoms with E-state index >= 15 is 0 Å². The van der Waals surface area contributed by atoms with Gasteiger partial charge in [-0.2, -0.15) is 0 Å². The molecule has 0 fully saturated rings. The summed E-state index contributed by atoms with van der Waals surface area (Å²) in [5.41, 5.74) is 6.15. The zero-order chi connectivity index (χ0) is 13.4. The van der Waals surface area contributed by atoms with E-state index in [0.717, 1.165) is 12.2 Å². The highest BCUT2D eigenvalue weighted by atomic mass is 127. The highest BCUT2D eigenvalue weighted by molar-refractivity contribution is 14.1. The molecule has 0 aromatic heterocycles. The van der Waals surface area contributed by atoms with Crippen LogP contribution in [0.3, 0.4) is 0 Å². The summed E-state index contributed by atoms with van der Waals surface area (Å²) < 4.78 is 6.70. The van der Waals surface area contributed by atoms with E-state index in [2.05, 4.69) is 65.9 Å². The van der Waals surface area contributed by atoms with Crippen LogP contribution in [0.4, 0.5) is 0 Å². The van der Waals surface area contributed by atoms with Gasteiger partial charge in [0.2, 0.25) is 0 Å². The van der Waals surface area contributed by atoms with Gasteiger partial charge in [0.15, 0.2) is 0 Å². The Balaban J connectivity index is 2.00. The third-order valence-electron chi connectivity index (χ3n) is 3.53. The van der Waals surface area contributed by atoms with Crippen molar-refractivity contribution >= 4 is 34.2 Å². The van der Waals surface area contributed by atoms with Crippen LogP contribution in [0.2, 0.25) is 0 Å². The molecule has 0 aliphatic carbocycles. The van der Waals surface area contributed by atoms with Crippen molar-refractivity contribution in [3.05, 3.63) is 67.8 Å². The van der Waals surface area contributed by atoms with E-state index in [0.29, 0.717) is 6.61 Å². The predicted octanol–water partition coefficient (Wildman–Crippen LogP) is 4.96. The number of halogens is 2. The summed E-state index contributed by atoms with van der Waals surface area (Å²) in [6.07, 6.45) is 0. The number of rotatable bonds is 2. The monoisotopic (exact) mass is 384 g/mol. The van der Waals surface area contributed by atoms with Crippen molar-refractivity contribution < 1.29 is 4.74 Å². The van der Waals surface area contributed by atoms with E-state index in [9.17, 15) is 0 Å². The van der Waals surface area contributed by atoms with Crippen molar-refractivity contribution in [3.8, 4) is 0 Å². The number of hydrogen-bond donors (Lipinski definition) is 0. The molecule has 0 spiro atoms. The summed E-state index contributed by atoms with van der Waals surface area (Å²) in [6, 6.07) is 12.7. The van der Waals surface area contributed by atoms with Gasteiger partial charge in [-0.25, -0.2) is 0 Å². The largest absolute Gasteiger partial charge is 0.372 e. The zero-order valence-electron chi connectivity index (χ0n) is 10.6. The predicted molar refractivity (Wildman–Crippen MR) is 86.5 cm³/mol. The van der Waals surface area contributed by atoms with Gasteiger partial charge < -0.3 is 4.74 Å². The van der Waals surface area contributed by atoms with Crippen molar-refractivity contribution in [2.45, 2.75) is 25.5 Å². The third kappa shape index (κ3) is 2.54. The molecule has 3 rings (SSSR count). The fraction of sp³-hybridized carbons (Fsp3) is 0.250. The van der Waals surface area contributed by atoms with Crippen LogP contribution in [0.1, 0.15) is 33.2 Å². The molecular formula is C16H14ClIO. The van der Waals surface area contributed by atoms with Crippen LogP contribution < -0.4 is 0 Å². The Labute approximate surface area is 132 Å². The van der Waals surface area contributed by atoms with Gasteiger partial charge in [0.25, 0.3) is 0 Å². The topological polar surface area (TPSA) is 9.23 Å². The first-order chi connectivity index (χ1) is 9.16. The molecular weight excluding hydrogens is 371 g/mol. The van der Waals surface area contributed by atoms with Crippen molar-refractivity contribution in [2.75, 3.05) is 0 Å². The van der Waals surface area contributed by atoms with Crippen LogP contribution >= 0.6 is 34.2 Å². The Morgan fingerprint density at radius 1 is 1.16 bits per heavy atom. The number of alkyl halides is 1. The summed E-state index contributed by atoms with van der Waals surface area (Å²) >= 11 is 9.04. The summed E-state index contributed by atoms with van der Waals surface area (Å²) in [5.74, 6) is 0. The highest BCUT2D eigenvalue weighted by Crippen LogP contribution is 2.35. The van der Waals surface area contributed by atoms with Gasteiger partial charge in [0.05, 0.1) is 18.6 Å². The maximum Gasteiger partial charge on any atom is 0.0845 e. The van der Waals surface area contributed by atoms with Gasteiger partial charge >= 0.3 is 0 Å². The van der Waals surface area contributed by atoms with Gasteiger partial charge in [-0.15, -0.1) is 11.6 Å². The van der Waals surface area contributed by atoms with Crippen molar-refractivity contribution in [2.24, 2.45) is 0 Å². The van der Waals surface area contributed by atoms with Crippen LogP contribution in [-0.4, -0.2) is 0 Å². The number of aryl methyl sites for hydroxylation is 1. The smallest absolute Gasteiger partial charge is 0.0845 e. The lowest BCUT2D eigenvalue weighted by atomic mass is 9.99. The van der Waals surface area contributed by atoms with Crippen LogP contribution in [0.5, 0.6) is 0 Å². The normalized spacial score (nSPS) is 15.3. The number of benzene rings is 2. The molecule has 0 amide bonds. The van der Waals surface area contributed by atoms with Gasteiger partial charge in [-0.1, -0.05) is 36.4 Å². The summed E-state index contributed by atoms with van der Waals surface area (Å²) in [5, 5.41) is -0.0994. The molecule has 0 N–H and O–H groups in total. The lowest BCUT2D eigenvalue weighted by Crippen LogP contribution is -1.99. The minimum absolute atomic E-state index is 0.0994. The van der Waals surface area contributed by atoms with E-state index in [4.69, 9.17) is 16.3 Å². The molecule has 1 atom stereocenters. The van der Waals surface area contributed by atoms with Crippen molar-refractivity contribution in [3.63, 3.8) is 0 Å². The van der Waals surface area contributed by atoms with E-state index in [1.807, 2.05) is 0 Å². The van der Waals surface area contributed by atoms with Gasteiger partial charge in [0.1, 0.15) is 0 Å². The molecule has 0 bridgehead atoms. The first-order valence-electron chi connectivity index (χ1n) is 6.25. The molecule has 3 heteroatoms. The zero-order valence-corrected chi connectivity index (χ0v) is 13.5. The average molecular weight is 385 g/mol. The van der Waals surface area contributed by atoms with E-state index in [-0.39, 0.29) is 5.38 Å². The minimum atomic E-state index is -0.0994. The highest BCUT2D eigenvalue weighted by Gasteiger charge is 2.18. The number of fused-ring (bicyclic) bond motifs is 1. The Morgan fingerprint density at radius 3 is 2.79 bits per heavy atom. The lowest BCUT2D eigenvalue weighted by molar-refractivity contribution is 0.134. The maximum absolute atomic E-state index is 6.66. The molecule has 1 aliphatic heterocycles. The Bertz CT molecular complexity index is 624. The molecule has 1 unspecified atom stereocenters. The summed E-state index contributed by atoms with van der Waals surface area (Å²) in [6.45, 7) is 3.55. The first kappa shape index (κ1) is 13.4. The van der Waals surface area contributed by atoms with Gasteiger partial charge in [-0.05, 0) is 57.3 Å². The van der Waals surface area contributed by atoms with Crippen LogP contribution in [0.15, 0.2) is 36.4 Å². The molecule has 0 radical (unpaired) electrons. The molecule has 1 nitrogen and oxygen atoms in total. The third-order valence-corrected chi connectivity index (χ3v) is 5.49. The van der Waals surface area contributed by atoms with Gasteiger partial charge in [0, 0.05) is 3.57 Å². The number of hydrogen-bond acceptors (Lipinski definition) is 1. The Morgan fingerprint density at radius 2 is 1.95 bits per heavy atom. The molecule has 98 valence electrons. The minimum Gasteiger partial charge on any atom is -0.372 e. The van der Waals surface area contributed by atoms with Crippen LogP contribution in [-0.2, 0) is 18.0 Å². The van der Waals surface area contributed by atoms with Crippen molar-refractivity contribution in [1.82, 2.24) is 0 Å². The maximum atomic E-state index is 6.66. The molecule has 0 saturated carbocycles. The Kier molecular flexibility index (Phi) is 3.83. The summed E-state index contributed by atoms with van der Waals surface area (Å²) in [4.78, 5) is 0. The molecule has 1 heterocycles. The second-order valence-electron chi connectivity index (χ2n) is 4.86. The van der Waals surface area contributed by atoms with E-state index in [1.54, 1.807) is 0 Å². The standard InChI is InChI=1S/C16H14ClIO/c1-10-3-2-4-14(16(10)18)15(17)11-5-6-12-8-19-9-13(12)7-11/h2-7,15H,8-9H2,1H3. The van der Waals surface area contributed by atoms with E-state index in [1.165, 1.54) is 25.8 Å². The fourth-order valence-electron chi connectivity index (χ4n) is 2.40. The van der Waals surface area contributed by atoms with E-state index < -0.39 is 0 Å². The second-order valence-corrected chi connectivity index (χ2v) is 6.38. The molecule has 2 aromatic carbocycles. The molecule has 2 aromatic rings. The SMILES string of the molecule is Cc1cccc(C(Cl)c2ccc3c(c2)COC3)c1I. The summed E-state index contributed by atoms with van der Waals surface area (Å²) in [7, 11) is 0. The van der Waals surface area contributed by atoms with Crippen LogP contribution in [0.25, 0.3) is 0 Å². The van der Waals surface area contributed by atoms with Gasteiger partial charge in [-0.3, -0.25) is 0 Å². The first-order valence-corrected chi connectivity index (χ1v) is 7.77. The molecule has 1 aliphatic rings. The fourth-order valence-corrected chi connectivity index (χ4v) is 3.57. The Hall–Kier alpha value is -0.580.